The van der Waals surface area contributed by atoms with E-state index in [4.69, 9.17) is 10.5 Å². The number of piperidine rings is 1. The molecule has 0 amide bonds. The van der Waals surface area contributed by atoms with E-state index in [0.29, 0.717) is 12.6 Å². The number of hydrogen-bond donors (Lipinski definition) is 1. The number of aromatic nitrogens is 1. The van der Waals surface area contributed by atoms with Gasteiger partial charge < -0.3 is 10.5 Å². The molecule has 0 saturated carbocycles. The normalized spacial score (nSPS) is 22.9. The maximum absolute atomic E-state index is 5.95. The fraction of sp³-hybridized carbons (Fsp3) is 0.643. The zero-order chi connectivity index (χ0) is 13.0. The van der Waals surface area contributed by atoms with Crippen LogP contribution in [-0.2, 0) is 4.74 Å². The van der Waals surface area contributed by atoms with Gasteiger partial charge in [-0.25, -0.2) is 0 Å². The van der Waals surface area contributed by atoms with Gasteiger partial charge in [0.05, 0.1) is 6.10 Å². The number of nitrogens with two attached hydrogens (primary N) is 1. The number of likely N-dealkylation sites (tertiary alicyclic amines) is 1. The van der Waals surface area contributed by atoms with Crippen molar-refractivity contribution in [2.24, 2.45) is 5.73 Å². The van der Waals surface area contributed by atoms with Gasteiger partial charge in [-0.05, 0) is 37.9 Å². The number of nitrogens with zero attached hydrogens (tertiary/aromatic N) is 2. The van der Waals surface area contributed by atoms with Crippen molar-refractivity contribution >= 4 is 0 Å². The van der Waals surface area contributed by atoms with Crippen LogP contribution in [0.25, 0.3) is 0 Å². The Hall–Kier alpha value is -0.970. The summed E-state index contributed by atoms with van der Waals surface area (Å²) in [6, 6.07) is 4.45. The topological polar surface area (TPSA) is 51.4 Å². The molecule has 0 radical (unpaired) electrons. The molecule has 2 N–H and O–H groups in total. The van der Waals surface area contributed by atoms with Crippen LogP contribution in [0.3, 0.4) is 0 Å². The minimum absolute atomic E-state index is 0.260. The first-order chi connectivity index (χ1) is 8.74. The largest absolute Gasteiger partial charge is 0.380 e. The molecule has 1 aromatic rings. The van der Waals surface area contributed by atoms with Gasteiger partial charge in [-0.15, -0.1) is 0 Å². The molecule has 1 aromatic heterocycles. The van der Waals surface area contributed by atoms with Crippen LogP contribution in [0.4, 0.5) is 0 Å². The summed E-state index contributed by atoms with van der Waals surface area (Å²) in [7, 11) is 1.79. The van der Waals surface area contributed by atoms with E-state index in [1.807, 2.05) is 13.1 Å². The first-order valence-electron chi connectivity index (χ1n) is 6.64. The molecule has 1 aliphatic heterocycles. The SMILES string of the molecule is COC1CCCN(C(CN)c2ccc(C)nc2)C1. The third-order valence-corrected chi connectivity index (χ3v) is 3.73. The smallest absolute Gasteiger partial charge is 0.0698 e. The molecule has 4 nitrogen and oxygen atoms in total. The maximum Gasteiger partial charge on any atom is 0.0698 e. The highest BCUT2D eigenvalue weighted by molar-refractivity contribution is 5.18. The molecule has 1 fully saturated rings. The quantitative estimate of drug-likeness (QED) is 0.878. The van der Waals surface area contributed by atoms with Crippen molar-refractivity contribution in [3.63, 3.8) is 0 Å². The zero-order valence-electron chi connectivity index (χ0n) is 11.3. The number of ether oxygens (including phenoxy) is 1. The van der Waals surface area contributed by atoms with E-state index in [1.165, 1.54) is 12.0 Å². The number of methoxy groups -OCH3 is 1. The number of pyridine rings is 1. The first kappa shape index (κ1) is 13.5. The third-order valence-electron chi connectivity index (χ3n) is 3.73. The highest BCUT2D eigenvalue weighted by Crippen LogP contribution is 2.24. The van der Waals surface area contributed by atoms with Crippen molar-refractivity contribution in [2.75, 3.05) is 26.7 Å². The molecule has 0 bridgehead atoms. The fourth-order valence-electron chi connectivity index (χ4n) is 2.61. The van der Waals surface area contributed by atoms with Gasteiger partial charge in [-0.2, -0.15) is 0 Å². The summed E-state index contributed by atoms with van der Waals surface area (Å²) in [5.74, 6) is 0. The van der Waals surface area contributed by atoms with E-state index in [9.17, 15) is 0 Å². The van der Waals surface area contributed by atoms with Crippen molar-refractivity contribution < 1.29 is 4.74 Å². The molecular formula is C14H23N3O. The average Bonchev–Trinajstić information content (AvgIpc) is 2.42. The lowest BCUT2D eigenvalue weighted by Crippen LogP contribution is -2.43. The molecule has 0 aromatic carbocycles. The van der Waals surface area contributed by atoms with Crippen LogP contribution in [0.15, 0.2) is 18.3 Å². The van der Waals surface area contributed by atoms with E-state index >= 15 is 0 Å². The number of rotatable bonds is 4. The van der Waals surface area contributed by atoms with Crippen LogP contribution in [-0.4, -0.2) is 42.7 Å². The average molecular weight is 249 g/mol. The Morgan fingerprint density at radius 1 is 1.56 bits per heavy atom. The van der Waals surface area contributed by atoms with Crippen molar-refractivity contribution in [3.8, 4) is 0 Å². The van der Waals surface area contributed by atoms with Gasteiger partial charge >= 0.3 is 0 Å². The molecule has 2 rings (SSSR count). The predicted octanol–water partition coefficient (Wildman–Crippen LogP) is 1.50. The maximum atomic E-state index is 5.95. The van der Waals surface area contributed by atoms with E-state index in [1.54, 1.807) is 7.11 Å². The van der Waals surface area contributed by atoms with Gasteiger partial charge in [0.25, 0.3) is 0 Å². The summed E-state index contributed by atoms with van der Waals surface area (Å²) in [5.41, 5.74) is 8.20. The van der Waals surface area contributed by atoms with Gasteiger partial charge in [0.1, 0.15) is 0 Å². The summed E-state index contributed by atoms with van der Waals surface area (Å²) in [4.78, 5) is 6.79. The summed E-state index contributed by atoms with van der Waals surface area (Å²) < 4.78 is 5.47. The molecule has 2 atom stereocenters. The van der Waals surface area contributed by atoms with Gasteiger partial charge in [0, 0.05) is 38.1 Å². The van der Waals surface area contributed by atoms with Gasteiger partial charge in [-0.1, -0.05) is 6.07 Å². The minimum atomic E-state index is 0.260. The molecule has 18 heavy (non-hydrogen) atoms. The zero-order valence-corrected chi connectivity index (χ0v) is 11.3. The Morgan fingerprint density at radius 2 is 2.39 bits per heavy atom. The minimum Gasteiger partial charge on any atom is -0.380 e. The van der Waals surface area contributed by atoms with Crippen LogP contribution >= 0.6 is 0 Å². The van der Waals surface area contributed by atoms with Crippen LogP contribution in [0.5, 0.6) is 0 Å². The van der Waals surface area contributed by atoms with Crippen LogP contribution < -0.4 is 5.73 Å². The van der Waals surface area contributed by atoms with E-state index in [2.05, 4.69) is 22.0 Å². The number of aryl methyl sites for hydroxylation is 1. The van der Waals surface area contributed by atoms with Crippen LogP contribution in [0.1, 0.15) is 30.1 Å². The first-order valence-corrected chi connectivity index (χ1v) is 6.64. The molecule has 0 aliphatic carbocycles. The Balaban J connectivity index is 2.10. The van der Waals surface area contributed by atoms with Crippen LogP contribution in [0, 0.1) is 6.92 Å². The van der Waals surface area contributed by atoms with Crippen LogP contribution in [0.2, 0.25) is 0 Å². The Kier molecular flexibility index (Phi) is 4.69. The lowest BCUT2D eigenvalue weighted by Gasteiger charge is -2.37. The lowest BCUT2D eigenvalue weighted by atomic mass is 10.0. The summed E-state index contributed by atoms with van der Waals surface area (Å²) in [5, 5.41) is 0. The summed E-state index contributed by atoms with van der Waals surface area (Å²) >= 11 is 0. The van der Waals surface area contributed by atoms with Crippen molar-refractivity contribution in [2.45, 2.75) is 31.9 Å². The Bertz CT molecular complexity index is 366. The second kappa shape index (κ2) is 6.27. The second-order valence-electron chi connectivity index (χ2n) is 4.98. The Morgan fingerprint density at radius 3 is 3.00 bits per heavy atom. The fourth-order valence-corrected chi connectivity index (χ4v) is 2.61. The third kappa shape index (κ3) is 3.07. The van der Waals surface area contributed by atoms with Crippen molar-refractivity contribution in [3.05, 3.63) is 29.6 Å². The lowest BCUT2D eigenvalue weighted by molar-refractivity contribution is 0.0154. The standard InChI is InChI=1S/C14H23N3O/c1-11-5-6-12(9-16-11)14(8-15)17-7-3-4-13(10-17)18-2/h5-6,9,13-14H,3-4,7-8,10,15H2,1-2H3. The second-order valence-corrected chi connectivity index (χ2v) is 4.98. The summed E-state index contributed by atoms with van der Waals surface area (Å²) in [6.45, 7) is 4.69. The Labute approximate surface area is 109 Å². The molecular weight excluding hydrogens is 226 g/mol. The molecule has 2 unspecified atom stereocenters. The summed E-state index contributed by atoms with van der Waals surface area (Å²) in [6.07, 6.45) is 4.61. The molecule has 1 saturated heterocycles. The van der Waals surface area contributed by atoms with Gasteiger partial charge in [-0.3, -0.25) is 9.88 Å². The predicted molar refractivity (Wildman–Crippen MR) is 72.4 cm³/mol. The van der Waals surface area contributed by atoms with Gasteiger partial charge in [0.2, 0.25) is 0 Å². The number of hydrogen-bond acceptors (Lipinski definition) is 4. The van der Waals surface area contributed by atoms with Crippen molar-refractivity contribution in [1.29, 1.82) is 0 Å². The monoisotopic (exact) mass is 249 g/mol. The van der Waals surface area contributed by atoms with Crippen molar-refractivity contribution in [1.82, 2.24) is 9.88 Å². The van der Waals surface area contributed by atoms with E-state index in [0.717, 1.165) is 25.2 Å². The van der Waals surface area contributed by atoms with E-state index in [-0.39, 0.29) is 6.04 Å². The molecule has 4 heteroatoms. The molecule has 100 valence electrons. The van der Waals surface area contributed by atoms with E-state index < -0.39 is 0 Å². The molecule has 1 aliphatic rings. The highest BCUT2D eigenvalue weighted by atomic mass is 16.5. The molecule has 0 spiro atoms. The molecule has 2 heterocycles. The van der Waals surface area contributed by atoms with Gasteiger partial charge in [0.15, 0.2) is 0 Å². The highest BCUT2D eigenvalue weighted by Gasteiger charge is 2.26.